The maximum absolute atomic E-state index is 12.9. The third-order valence-corrected chi connectivity index (χ3v) is 7.58. The van der Waals surface area contributed by atoms with Crippen LogP contribution in [0.4, 0.5) is 5.69 Å². The maximum atomic E-state index is 12.9. The number of piperidine rings is 1. The summed E-state index contributed by atoms with van der Waals surface area (Å²) < 4.78 is 5.29. The second-order valence-electron chi connectivity index (χ2n) is 9.07. The molecule has 0 bridgehead atoms. The highest BCUT2D eigenvalue weighted by atomic mass is 32.1. The first kappa shape index (κ1) is 22.6. The first-order valence-corrected chi connectivity index (χ1v) is 12.7. The molecule has 2 saturated heterocycles. The van der Waals surface area contributed by atoms with Crippen molar-refractivity contribution in [3.63, 3.8) is 0 Å². The lowest BCUT2D eigenvalue weighted by atomic mass is 9.98. The summed E-state index contributed by atoms with van der Waals surface area (Å²) in [6.07, 6.45) is 2.85. The van der Waals surface area contributed by atoms with Gasteiger partial charge in [-0.05, 0) is 54.5 Å². The molecule has 0 N–H and O–H groups in total. The van der Waals surface area contributed by atoms with Crippen LogP contribution in [0.5, 0.6) is 0 Å². The van der Waals surface area contributed by atoms with Gasteiger partial charge in [-0.3, -0.25) is 9.59 Å². The van der Waals surface area contributed by atoms with Crippen LogP contribution in [0.2, 0.25) is 0 Å². The molecule has 9 heteroatoms. The van der Waals surface area contributed by atoms with Gasteiger partial charge in [-0.15, -0.1) is 11.3 Å². The summed E-state index contributed by atoms with van der Waals surface area (Å²) in [4.78, 5) is 36.7. The number of nitrogens with zero attached hydrogens (tertiary/aromatic N) is 5. The number of carbonyl (C=O) groups excluding carboxylic acids is 2. The largest absolute Gasteiger partial charge is 0.372 e. The normalized spacial score (nSPS) is 17.3. The molecule has 2 fully saturated rings. The van der Waals surface area contributed by atoms with Gasteiger partial charge in [0, 0.05) is 55.4 Å². The molecule has 0 aliphatic carbocycles. The van der Waals surface area contributed by atoms with Crippen LogP contribution in [0.3, 0.4) is 0 Å². The Balaban J connectivity index is 1.16. The number of piperazine rings is 1. The lowest BCUT2D eigenvalue weighted by Crippen LogP contribution is -2.51. The van der Waals surface area contributed by atoms with E-state index in [1.54, 1.807) is 16.2 Å². The van der Waals surface area contributed by atoms with Crippen molar-refractivity contribution in [3.05, 3.63) is 52.5 Å². The summed E-state index contributed by atoms with van der Waals surface area (Å²) in [5.41, 5.74) is 2.02. The molecular formula is C25H29N5O3S. The van der Waals surface area contributed by atoms with E-state index in [0.29, 0.717) is 38.4 Å². The van der Waals surface area contributed by atoms with Crippen molar-refractivity contribution in [3.8, 4) is 11.4 Å². The Morgan fingerprint density at radius 3 is 2.38 bits per heavy atom. The zero-order valence-corrected chi connectivity index (χ0v) is 20.2. The standard InChI is InChI=1S/C25H29N5O3S/c1-18-8-10-28(11-9-18)20-6-4-19(5-7-20)23-26-24(33-27-23)25(32)30-14-12-29(13-15-30)22(31)17-21-3-2-16-34-21/h2-7,16,18H,8-15,17H2,1H3. The lowest BCUT2D eigenvalue weighted by molar-refractivity contribution is -0.131. The third kappa shape index (κ3) is 4.99. The second-order valence-corrected chi connectivity index (χ2v) is 10.1. The zero-order valence-electron chi connectivity index (χ0n) is 19.4. The molecule has 8 nitrogen and oxygen atoms in total. The van der Waals surface area contributed by atoms with E-state index in [1.165, 1.54) is 18.5 Å². The summed E-state index contributed by atoms with van der Waals surface area (Å²) in [5, 5.41) is 6.00. The molecule has 0 unspecified atom stereocenters. The Hall–Kier alpha value is -3.20. The smallest absolute Gasteiger partial charge is 0.316 e. The minimum absolute atomic E-state index is 0.0116. The van der Waals surface area contributed by atoms with Crippen molar-refractivity contribution in [1.29, 1.82) is 0 Å². The van der Waals surface area contributed by atoms with Crippen LogP contribution in [0.15, 0.2) is 46.3 Å². The van der Waals surface area contributed by atoms with Crippen molar-refractivity contribution in [2.24, 2.45) is 5.92 Å². The Bertz CT molecular complexity index is 1110. The van der Waals surface area contributed by atoms with Gasteiger partial charge < -0.3 is 19.2 Å². The third-order valence-electron chi connectivity index (χ3n) is 6.71. The van der Waals surface area contributed by atoms with Gasteiger partial charge in [0.15, 0.2) is 0 Å². The van der Waals surface area contributed by atoms with E-state index in [0.717, 1.165) is 29.4 Å². The highest BCUT2D eigenvalue weighted by molar-refractivity contribution is 7.10. The first-order chi connectivity index (χ1) is 16.6. The average Bonchev–Trinajstić information content (AvgIpc) is 3.57. The van der Waals surface area contributed by atoms with Crippen molar-refractivity contribution >= 4 is 28.8 Å². The Kier molecular flexibility index (Phi) is 6.62. The van der Waals surface area contributed by atoms with Crippen molar-refractivity contribution in [2.75, 3.05) is 44.2 Å². The number of hydrogen-bond donors (Lipinski definition) is 0. The number of anilines is 1. The molecule has 2 aromatic heterocycles. The second kappa shape index (κ2) is 9.97. The molecule has 178 valence electrons. The number of thiophene rings is 1. The number of aromatic nitrogens is 2. The molecule has 34 heavy (non-hydrogen) atoms. The lowest BCUT2D eigenvalue weighted by Gasteiger charge is -2.34. The van der Waals surface area contributed by atoms with Gasteiger partial charge in [0.05, 0.1) is 6.42 Å². The molecule has 0 radical (unpaired) electrons. The van der Waals surface area contributed by atoms with E-state index in [-0.39, 0.29) is 17.7 Å². The molecular weight excluding hydrogens is 450 g/mol. The fraction of sp³-hybridized carbons (Fsp3) is 0.440. The summed E-state index contributed by atoms with van der Waals surface area (Å²) in [7, 11) is 0. The molecule has 4 heterocycles. The van der Waals surface area contributed by atoms with Crippen LogP contribution in [0.1, 0.15) is 35.3 Å². The van der Waals surface area contributed by atoms with E-state index in [9.17, 15) is 9.59 Å². The van der Waals surface area contributed by atoms with Gasteiger partial charge in [0.25, 0.3) is 0 Å². The predicted octanol–water partition coefficient (Wildman–Crippen LogP) is 3.56. The van der Waals surface area contributed by atoms with Crippen molar-refractivity contribution in [2.45, 2.75) is 26.2 Å². The molecule has 0 saturated carbocycles. The Morgan fingerprint density at radius 1 is 1.00 bits per heavy atom. The van der Waals surface area contributed by atoms with Crippen LogP contribution in [-0.2, 0) is 11.2 Å². The molecule has 1 aromatic carbocycles. The van der Waals surface area contributed by atoms with E-state index < -0.39 is 0 Å². The minimum Gasteiger partial charge on any atom is -0.372 e. The van der Waals surface area contributed by atoms with Gasteiger partial charge >= 0.3 is 11.8 Å². The predicted molar refractivity (Wildman–Crippen MR) is 131 cm³/mol. The summed E-state index contributed by atoms with van der Waals surface area (Å²) in [6, 6.07) is 12.0. The Morgan fingerprint density at radius 2 is 1.71 bits per heavy atom. The number of carbonyl (C=O) groups is 2. The first-order valence-electron chi connectivity index (χ1n) is 11.9. The topological polar surface area (TPSA) is 82.8 Å². The number of benzene rings is 1. The molecule has 3 aromatic rings. The number of rotatable bonds is 5. The van der Waals surface area contributed by atoms with E-state index in [2.05, 4.69) is 34.1 Å². The highest BCUT2D eigenvalue weighted by Crippen LogP contribution is 2.25. The van der Waals surface area contributed by atoms with Crippen LogP contribution in [-0.4, -0.2) is 71.0 Å². The maximum Gasteiger partial charge on any atom is 0.316 e. The molecule has 5 rings (SSSR count). The fourth-order valence-corrected chi connectivity index (χ4v) is 5.18. The number of hydrogen-bond acceptors (Lipinski definition) is 7. The SMILES string of the molecule is CC1CCN(c2ccc(-c3noc(C(=O)N4CCN(C(=O)Cc5cccs5)CC4)n3)cc2)CC1. The van der Waals surface area contributed by atoms with Gasteiger partial charge in [-0.1, -0.05) is 18.1 Å². The monoisotopic (exact) mass is 479 g/mol. The minimum atomic E-state index is -0.289. The quantitative estimate of drug-likeness (QED) is 0.557. The van der Waals surface area contributed by atoms with Crippen LogP contribution in [0, 0.1) is 5.92 Å². The Labute approximate surface area is 203 Å². The summed E-state index contributed by atoms with van der Waals surface area (Å²) in [6.45, 7) is 6.39. The summed E-state index contributed by atoms with van der Waals surface area (Å²) in [5.74, 6) is 0.996. The van der Waals surface area contributed by atoms with E-state index in [4.69, 9.17) is 4.52 Å². The molecule has 2 amide bonds. The molecule has 0 atom stereocenters. The van der Waals surface area contributed by atoms with E-state index in [1.807, 2.05) is 34.5 Å². The van der Waals surface area contributed by atoms with Crippen LogP contribution < -0.4 is 4.90 Å². The van der Waals surface area contributed by atoms with Gasteiger partial charge in [0.1, 0.15) is 0 Å². The fourth-order valence-electron chi connectivity index (χ4n) is 4.48. The van der Waals surface area contributed by atoms with Crippen molar-refractivity contribution < 1.29 is 14.1 Å². The number of amides is 2. The molecule has 2 aliphatic heterocycles. The van der Waals surface area contributed by atoms with E-state index >= 15 is 0 Å². The van der Waals surface area contributed by atoms with Gasteiger partial charge in [0.2, 0.25) is 11.7 Å². The summed E-state index contributed by atoms with van der Waals surface area (Å²) >= 11 is 1.58. The van der Waals surface area contributed by atoms with Crippen LogP contribution in [0.25, 0.3) is 11.4 Å². The average molecular weight is 480 g/mol. The molecule has 0 spiro atoms. The highest BCUT2D eigenvalue weighted by Gasteiger charge is 2.28. The van der Waals surface area contributed by atoms with Crippen LogP contribution >= 0.6 is 11.3 Å². The van der Waals surface area contributed by atoms with Gasteiger partial charge in [-0.25, -0.2) is 0 Å². The zero-order chi connectivity index (χ0) is 23.5. The molecule has 2 aliphatic rings. The van der Waals surface area contributed by atoms with Crippen molar-refractivity contribution in [1.82, 2.24) is 19.9 Å². The van der Waals surface area contributed by atoms with Gasteiger partial charge in [-0.2, -0.15) is 4.98 Å².